The number of hydrogen-bond donors (Lipinski definition) is 2. The SMILES string of the molecule is Cl.O=C(NCC1CCCN(Cc2nccn2Cc2ccccc2)C1)C1CCCN1. The highest BCUT2D eigenvalue weighted by Crippen LogP contribution is 2.18. The molecule has 0 radical (unpaired) electrons. The number of amides is 1. The summed E-state index contributed by atoms with van der Waals surface area (Å²) in [5.41, 5.74) is 1.29. The molecule has 2 atom stereocenters. The smallest absolute Gasteiger partial charge is 0.237 e. The highest BCUT2D eigenvalue weighted by molar-refractivity contribution is 5.85. The first-order valence-corrected chi connectivity index (χ1v) is 10.6. The molecule has 2 unspecified atom stereocenters. The van der Waals surface area contributed by atoms with Crippen molar-refractivity contribution < 1.29 is 4.79 Å². The van der Waals surface area contributed by atoms with Gasteiger partial charge in [-0.05, 0) is 50.3 Å². The molecule has 7 heteroatoms. The number of imidazole rings is 1. The van der Waals surface area contributed by atoms with Crippen molar-refractivity contribution in [1.82, 2.24) is 25.1 Å². The summed E-state index contributed by atoms with van der Waals surface area (Å²) in [6, 6.07) is 10.5. The number of hydrogen-bond acceptors (Lipinski definition) is 4. The van der Waals surface area contributed by atoms with Crippen molar-refractivity contribution in [3.63, 3.8) is 0 Å². The molecule has 4 rings (SSSR count). The molecule has 2 saturated heterocycles. The molecule has 1 aromatic heterocycles. The van der Waals surface area contributed by atoms with E-state index in [0.717, 1.165) is 57.9 Å². The Hall–Kier alpha value is -1.89. The molecule has 3 heterocycles. The largest absolute Gasteiger partial charge is 0.354 e. The molecule has 2 aliphatic rings. The minimum absolute atomic E-state index is 0. The first kappa shape index (κ1) is 21.8. The van der Waals surface area contributed by atoms with Crippen LogP contribution in [0, 0.1) is 5.92 Å². The van der Waals surface area contributed by atoms with Gasteiger partial charge in [0.2, 0.25) is 5.91 Å². The van der Waals surface area contributed by atoms with Crippen molar-refractivity contribution in [1.29, 1.82) is 0 Å². The molecular formula is C22H32ClN5O. The zero-order chi connectivity index (χ0) is 19.2. The standard InChI is InChI=1S/C22H31N5O.ClH/c28-22(20-9-4-10-23-20)25-14-19-8-5-12-26(15-19)17-21-24-11-13-27(21)16-18-6-2-1-3-7-18;/h1-3,6-7,11,13,19-20,23H,4-5,8-10,12,14-17H2,(H,25,28);1H. The number of carbonyl (C=O) groups is 1. The zero-order valence-electron chi connectivity index (χ0n) is 16.9. The summed E-state index contributed by atoms with van der Waals surface area (Å²) in [4.78, 5) is 19.3. The minimum Gasteiger partial charge on any atom is -0.354 e. The summed E-state index contributed by atoms with van der Waals surface area (Å²) in [5.74, 6) is 1.81. The first-order chi connectivity index (χ1) is 13.8. The van der Waals surface area contributed by atoms with Crippen LogP contribution in [0.15, 0.2) is 42.7 Å². The molecular weight excluding hydrogens is 386 g/mol. The molecule has 1 amide bonds. The van der Waals surface area contributed by atoms with Gasteiger partial charge < -0.3 is 15.2 Å². The zero-order valence-corrected chi connectivity index (χ0v) is 17.7. The lowest BCUT2D eigenvalue weighted by Gasteiger charge is -2.32. The van der Waals surface area contributed by atoms with Crippen LogP contribution in [0.2, 0.25) is 0 Å². The van der Waals surface area contributed by atoms with Crippen LogP contribution < -0.4 is 10.6 Å². The molecule has 0 bridgehead atoms. The van der Waals surface area contributed by atoms with Crippen molar-refractivity contribution >= 4 is 18.3 Å². The van der Waals surface area contributed by atoms with Gasteiger partial charge in [0.15, 0.2) is 0 Å². The summed E-state index contributed by atoms with van der Waals surface area (Å²) < 4.78 is 2.24. The fourth-order valence-corrected chi connectivity index (χ4v) is 4.35. The van der Waals surface area contributed by atoms with Crippen LogP contribution in [-0.2, 0) is 17.9 Å². The second-order valence-electron chi connectivity index (χ2n) is 8.09. The van der Waals surface area contributed by atoms with Crippen LogP contribution in [0.1, 0.15) is 37.1 Å². The summed E-state index contributed by atoms with van der Waals surface area (Å²) >= 11 is 0. The van der Waals surface area contributed by atoms with Gasteiger partial charge >= 0.3 is 0 Å². The quantitative estimate of drug-likeness (QED) is 0.726. The van der Waals surface area contributed by atoms with E-state index >= 15 is 0 Å². The van der Waals surface area contributed by atoms with E-state index in [1.807, 2.05) is 12.3 Å². The van der Waals surface area contributed by atoms with E-state index in [4.69, 9.17) is 0 Å². The van der Waals surface area contributed by atoms with Gasteiger partial charge in [0, 0.05) is 32.0 Å². The van der Waals surface area contributed by atoms with Crippen LogP contribution in [0.25, 0.3) is 0 Å². The fraction of sp³-hybridized carbons (Fsp3) is 0.545. The van der Waals surface area contributed by atoms with Crippen LogP contribution in [0.4, 0.5) is 0 Å². The van der Waals surface area contributed by atoms with Gasteiger partial charge in [-0.3, -0.25) is 9.69 Å². The van der Waals surface area contributed by atoms with Crippen molar-refractivity contribution in [2.24, 2.45) is 5.92 Å². The van der Waals surface area contributed by atoms with Crippen LogP contribution >= 0.6 is 12.4 Å². The lowest BCUT2D eigenvalue weighted by molar-refractivity contribution is -0.123. The third-order valence-electron chi connectivity index (χ3n) is 5.91. The Bertz CT molecular complexity index is 760. The molecule has 0 spiro atoms. The highest BCUT2D eigenvalue weighted by atomic mass is 35.5. The topological polar surface area (TPSA) is 62.2 Å². The number of nitrogens with one attached hydrogen (secondary N) is 2. The lowest BCUT2D eigenvalue weighted by atomic mass is 9.98. The van der Waals surface area contributed by atoms with E-state index in [9.17, 15) is 4.79 Å². The number of aromatic nitrogens is 2. The van der Waals surface area contributed by atoms with E-state index in [0.29, 0.717) is 5.92 Å². The molecule has 2 aliphatic heterocycles. The third-order valence-corrected chi connectivity index (χ3v) is 5.91. The number of rotatable bonds is 7. The molecule has 2 N–H and O–H groups in total. The summed E-state index contributed by atoms with van der Waals surface area (Å²) in [7, 11) is 0. The number of likely N-dealkylation sites (tertiary alicyclic amines) is 1. The molecule has 1 aromatic carbocycles. The molecule has 2 aromatic rings. The summed E-state index contributed by atoms with van der Waals surface area (Å²) in [6.45, 7) is 5.60. The second kappa shape index (κ2) is 10.8. The number of benzene rings is 1. The van der Waals surface area contributed by atoms with Gasteiger partial charge in [0.05, 0.1) is 12.6 Å². The molecule has 29 heavy (non-hydrogen) atoms. The fourth-order valence-electron chi connectivity index (χ4n) is 4.35. The van der Waals surface area contributed by atoms with E-state index in [2.05, 4.69) is 55.5 Å². The van der Waals surface area contributed by atoms with Gasteiger partial charge in [-0.2, -0.15) is 0 Å². The molecule has 158 valence electrons. The van der Waals surface area contributed by atoms with Crippen LogP contribution in [0.3, 0.4) is 0 Å². The summed E-state index contributed by atoms with van der Waals surface area (Å²) in [6.07, 6.45) is 8.40. The Labute approximate surface area is 179 Å². The Morgan fingerprint density at radius 1 is 1.17 bits per heavy atom. The van der Waals surface area contributed by atoms with Crippen molar-refractivity contribution in [2.45, 2.75) is 44.8 Å². The van der Waals surface area contributed by atoms with E-state index < -0.39 is 0 Å². The predicted octanol–water partition coefficient (Wildman–Crippen LogP) is 2.43. The second-order valence-corrected chi connectivity index (χ2v) is 8.09. The van der Waals surface area contributed by atoms with Crippen LogP contribution in [0.5, 0.6) is 0 Å². The molecule has 6 nitrogen and oxygen atoms in total. The average molecular weight is 418 g/mol. The van der Waals surface area contributed by atoms with Gasteiger partial charge in [0.1, 0.15) is 5.82 Å². The Balaban J connectivity index is 0.00000240. The normalized spacial score (nSPS) is 22.2. The van der Waals surface area contributed by atoms with Crippen LogP contribution in [-0.4, -0.2) is 52.6 Å². The Morgan fingerprint density at radius 3 is 2.83 bits per heavy atom. The minimum atomic E-state index is 0. The van der Waals surface area contributed by atoms with Crippen molar-refractivity contribution in [3.8, 4) is 0 Å². The maximum absolute atomic E-state index is 12.2. The first-order valence-electron chi connectivity index (χ1n) is 10.6. The maximum atomic E-state index is 12.2. The van der Waals surface area contributed by atoms with Gasteiger partial charge in [-0.25, -0.2) is 4.98 Å². The van der Waals surface area contributed by atoms with Crippen molar-refractivity contribution in [3.05, 3.63) is 54.1 Å². The number of piperidine rings is 1. The Morgan fingerprint density at radius 2 is 2.03 bits per heavy atom. The molecule has 2 fully saturated rings. The van der Waals surface area contributed by atoms with Crippen molar-refractivity contribution in [2.75, 3.05) is 26.2 Å². The van der Waals surface area contributed by atoms with E-state index in [-0.39, 0.29) is 24.4 Å². The number of halogens is 1. The Kier molecular flexibility index (Phi) is 8.09. The maximum Gasteiger partial charge on any atom is 0.237 e. The lowest BCUT2D eigenvalue weighted by Crippen LogP contribution is -2.45. The third kappa shape index (κ3) is 6.04. The average Bonchev–Trinajstić information content (AvgIpc) is 3.40. The van der Waals surface area contributed by atoms with E-state index in [1.165, 1.54) is 18.4 Å². The van der Waals surface area contributed by atoms with E-state index in [1.54, 1.807) is 0 Å². The monoisotopic (exact) mass is 417 g/mol. The highest BCUT2D eigenvalue weighted by Gasteiger charge is 2.25. The number of carbonyl (C=O) groups excluding carboxylic acids is 1. The summed E-state index contributed by atoms with van der Waals surface area (Å²) in [5, 5.41) is 6.44. The molecule has 0 aliphatic carbocycles. The molecule has 0 saturated carbocycles. The predicted molar refractivity (Wildman–Crippen MR) is 117 cm³/mol. The van der Waals surface area contributed by atoms with Gasteiger partial charge in [0.25, 0.3) is 0 Å². The number of nitrogens with zero attached hydrogens (tertiary/aromatic N) is 3. The van der Waals surface area contributed by atoms with Gasteiger partial charge in [-0.1, -0.05) is 30.3 Å². The van der Waals surface area contributed by atoms with Gasteiger partial charge in [-0.15, -0.1) is 12.4 Å².